The van der Waals surface area contributed by atoms with E-state index in [-0.39, 0.29) is 0 Å². The van der Waals surface area contributed by atoms with Gasteiger partial charge in [0.05, 0.1) is 6.10 Å². The van der Waals surface area contributed by atoms with Gasteiger partial charge in [0.25, 0.3) is 0 Å². The first-order valence-corrected chi connectivity index (χ1v) is 12.5. The van der Waals surface area contributed by atoms with Crippen LogP contribution < -0.4 is 0 Å². The molecule has 3 aliphatic carbocycles. The molecule has 0 radical (unpaired) electrons. The van der Waals surface area contributed by atoms with E-state index in [9.17, 15) is 0 Å². The van der Waals surface area contributed by atoms with Gasteiger partial charge in [0.2, 0.25) is 0 Å². The summed E-state index contributed by atoms with van der Waals surface area (Å²) >= 11 is 0. The Labute approximate surface area is 169 Å². The van der Waals surface area contributed by atoms with Crippen LogP contribution in [0, 0.1) is 29.6 Å². The molecule has 0 aromatic rings. The van der Waals surface area contributed by atoms with Crippen molar-refractivity contribution < 1.29 is 4.74 Å². The van der Waals surface area contributed by atoms with Crippen LogP contribution in [0.3, 0.4) is 0 Å². The average molecular weight is 375 g/mol. The Kier molecular flexibility index (Phi) is 9.23. The van der Waals surface area contributed by atoms with Gasteiger partial charge in [-0.15, -0.1) is 0 Å². The number of hydrogen-bond acceptors (Lipinski definition) is 1. The number of allylic oxidation sites excluding steroid dienone is 2. The molecule has 3 aliphatic rings. The van der Waals surface area contributed by atoms with Crippen LogP contribution in [0.5, 0.6) is 0 Å². The molecule has 1 nitrogen and oxygen atoms in total. The molecule has 0 aromatic carbocycles. The van der Waals surface area contributed by atoms with Crippen molar-refractivity contribution in [3.8, 4) is 0 Å². The fourth-order valence-corrected chi connectivity index (χ4v) is 6.27. The number of ether oxygens (including phenoxy) is 1. The van der Waals surface area contributed by atoms with E-state index in [2.05, 4.69) is 19.1 Å². The highest BCUT2D eigenvalue weighted by Crippen LogP contribution is 2.41. The fraction of sp³-hybridized carbons (Fsp3) is 0.923. The van der Waals surface area contributed by atoms with Crippen LogP contribution in [0.2, 0.25) is 0 Å². The third-order valence-electron chi connectivity index (χ3n) is 8.30. The zero-order chi connectivity index (χ0) is 18.9. The molecule has 0 atom stereocenters. The lowest BCUT2D eigenvalue weighted by molar-refractivity contribution is 0.0405. The summed E-state index contributed by atoms with van der Waals surface area (Å²) in [6.45, 7) is 2.32. The third-order valence-corrected chi connectivity index (χ3v) is 8.30. The fourth-order valence-electron chi connectivity index (χ4n) is 6.27. The van der Waals surface area contributed by atoms with Crippen LogP contribution in [-0.2, 0) is 4.74 Å². The van der Waals surface area contributed by atoms with Crippen molar-refractivity contribution in [3.63, 3.8) is 0 Å². The van der Waals surface area contributed by atoms with Crippen LogP contribution in [0.4, 0.5) is 0 Å². The summed E-state index contributed by atoms with van der Waals surface area (Å²) in [5.74, 6) is 4.86. The Morgan fingerprint density at radius 3 is 1.70 bits per heavy atom. The Bertz CT molecular complexity index is 404. The maximum absolute atomic E-state index is 5.56. The molecule has 156 valence electrons. The van der Waals surface area contributed by atoms with Gasteiger partial charge in [-0.05, 0) is 107 Å². The maximum atomic E-state index is 5.56. The first-order chi connectivity index (χ1) is 13.3. The Morgan fingerprint density at radius 2 is 1.19 bits per heavy atom. The van der Waals surface area contributed by atoms with Gasteiger partial charge in [-0.25, -0.2) is 0 Å². The topological polar surface area (TPSA) is 9.23 Å². The van der Waals surface area contributed by atoms with Gasteiger partial charge in [0.15, 0.2) is 0 Å². The predicted octanol–water partition coefficient (Wildman–Crippen LogP) is 7.94. The standard InChI is InChI=1S/C26H46O/c1-3-4-5-6-21-7-9-22(10-8-21)11-12-23-13-15-24(16-14-23)25-17-19-26(27-2)20-18-25/h11-12,21-26H,3-10,13-20H2,1-2H3/b12-11+. The van der Waals surface area contributed by atoms with Gasteiger partial charge < -0.3 is 4.74 Å². The molecule has 1 heteroatoms. The Hall–Kier alpha value is -0.300. The summed E-state index contributed by atoms with van der Waals surface area (Å²) in [6.07, 6.45) is 28.9. The van der Waals surface area contributed by atoms with E-state index in [4.69, 9.17) is 4.74 Å². The van der Waals surface area contributed by atoms with Crippen LogP contribution in [0.15, 0.2) is 12.2 Å². The second-order valence-corrected chi connectivity index (χ2v) is 10.1. The van der Waals surface area contributed by atoms with Crippen LogP contribution >= 0.6 is 0 Å². The molecule has 0 amide bonds. The van der Waals surface area contributed by atoms with Gasteiger partial charge >= 0.3 is 0 Å². The van der Waals surface area contributed by atoms with Gasteiger partial charge in [0.1, 0.15) is 0 Å². The molecular weight excluding hydrogens is 328 g/mol. The van der Waals surface area contributed by atoms with Gasteiger partial charge in [0, 0.05) is 7.11 Å². The van der Waals surface area contributed by atoms with Crippen molar-refractivity contribution in [3.05, 3.63) is 12.2 Å². The summed E-state index contributed by atoms with van der Waals surface area (Å²) in [5.41, 5.74) is 0. The van der Waals surface area contributed by atoms with E-state index in [0.717, 1.165) is 29.6 Å². The van der Waals surface area contributed by atoms with E-state index in [0.29, 0.717) is 6.10 Å². The molecule has 0 aliphatic heterocycles. The SMILES string of the molecule is CCCCCC1CCC(/C=C/C2CCC(C3CCC(OC)CC3)CC2)CC1. The van der Waals surface area contributed by atoms with E-state index in [1.165, 1.54) is 103 Å². The van der Waals surface area contributed by atoms with Gasteiger partial charge in [-0.2, -0.15) is 0 Å². The van der Waals surface area contributed by atoms with E-state index in [1.54, 1.807) is 0 Å². The van der Waals surface area contributed by atoms with Crippen molar-refractivity contribution in [1.29, 1.82) is 0 Å². The Morgan fingerprint density at radius 1 is 0.667 bits per heavy atom. The first kappa shape index (κ1) is 21.4. The minimum absolute atomic E-state index is 0.558. The van der Waals surface area contributed by atoms with E-state index in [1.807, 2.05) is 7.11 Å². The van der Waals surface area contributed by atoms with Crippen LogP contribution in [0.1, 0.15) is 110 Å². The van der Waals surface area contributed by atoms with Crippen molar-refractivity contribution in [2.75, 3.05) is 7.11 Å². The smallest absolute Gasteiger partial charge is 0.0571 e. The van der Waals surface area contributed by atoms with Crippen molar-refractivity contribution in [2.24, 2.45) is 29.6 Å². The summed E-state index contributed by atoms with van der Waals surface area (Å²) in [4.78, 5) is 0. The monoisotopic (exact) mass is 374 g/mol. The normalized spacial score (nSPS) is 38.3. The highest BCUT2D eigenvalue weighted by Gasteiger charge is 2.30. The zero-order valence-corrected chi connectivity index (χ0v) is 18.3. The van der Waals surface area contributed by atoms with Gasteiger partial charge in [-0.1, -0.05) is 44.8 Å². The van der Waals surface area contributed by atoms with Crippen molar-refractivity contribution in [1.82, 2.24) is 0 Å². The lowest BCUT2D eigenvalue weighted by Crippen LogP contribution is -2.27. The lowest BCUT2D eigenvalue weighted by atomic mass is 9.70. The highest BCUT2D eigenvalue weighted by atomic mass is 16.5. The summed E-state index contributed by atoms with van der Waals surface area (Å²) in [5, 5.41) is 0. The molecule has 0 heterocycles. The molecule has 3 saturated carbocycles. The van der Waals surface area contributed by atoms with Crippen molar-refractivity contribution >= 4 is 0 Å². The lowest BCUT2D eigenvalue weighted by Gasteiger charge is -2.37. The first-order valence-electron chi connectivity index (χ1n) is 12.5. The molecule has 3 fully saturated rings. The molecule has 0 bridgehead atoms. The molecule has 3 rings (SSSR count). The molecule has 0 N–H and O–H groups in total. The minimum Gasteiger partial charge on any atom is -0.381 e. The molecule has 0 spiro atoms. The average Bonchev–Trinajstić information content (AvgIpc) is 2.74. The maximum Gasteiger partial charge on any atom is 0.0571 e. The quantitative estimate of drug-likeness (QED) is 0.309. The van der Waals surface area contributed by atoms with Gasteiger partial charge in [-0.3, -0.25) is 0 Å². The van der Waals surface area contributed by atoms with E-state index < -0.39 is 0 Å². The largest absolute Gasteiger partial charge is 0.381 e. The number of methoxy groups -OCH3 is 1. The van der Waals surface area contributed by atoms with Crippen molar-refractivity contribution in [2.45, 2.75) is 116 Å². The third kappa shape index (κ3) is 6.91. The van der Waals surface area contributed by atoms with Crippen LogP contribution in [0.25, 0.3) is 0 Å². The predicted molar refractivity (Wildman–Crippen MR) is 117 cm³/mol. The number of hydrogen-bond donors (Lipinski definition) is 0. The summed E-state index contributed by atoms with van der Waals surface area (Å²) in [6, 6.07) is 0. The molecule has 0 aromatic heterocycles. The number of unbranched alkanes of at least 4 members (excludes halogenated alkanes) is 2. The number of rotatable bonds is 8. The van der Waals surface area contributed by atoms with E-state index >= 15 is 0 Å². The molecule has 0 unspecified atom stereocenters. The molecular formula is C26H46O. The summed E-state index contributed by atoms with van der Waals surface area (Å²) < 4.78 is 5.56. The summed E-state index contributed by atoms with van der Waals surface area (Å²) in [7, 11) is 1.89. The minimum atomic E-state index is 0.558. The van der Waals surface area contributed by atoms with Crippen LogP contribution in [-0.4, -0.2) is 13.2 Å². The Balaban J connectivity index is 1.30. The second-order valence-electron chi connectivity index (χ2n) is 10.1. The molecule has 27 heavy (non-hydrogen) atoms. The zero-order valence-electron chi connectivity index (χ0n) is 18.3. The molecule has 0 saturated heterocycles. The highest BCUT2D eigenvalue weighted by molar-refractivity contribution is 4.97. The second kappa shape index (κ2) is 11.6.